The standard InChI is InChI=1S/C16H19FN6/c1-12-19-16(22(3)20-12)11-21(2)9-13-8-18-23(10-13)15-6-4-14(17)5-7-15/h4-8,10H,9,11H2,1-3H3. The van der Waals surface area contributed by atoms with E-state index < -0.39 is 0 Å². The molecule has 0 aliphatic rings. The summed E-state index contributed by atoms with van der Waals surface area (Å²) in [5.74, 6) is 1.45. The zero-order valence-corrected chi connectivity index (χ0v) is 13.4. The molecule has 0 aliphatic carbocycles. The van der Waals surface area contributed by atoms with Crippen LogP contribution in [0.2, 0.25) is 0 Å². The Morgan fingerprint density at radius 3 is 2.57 bits per heavy atom. The van der Waals surface area contributed by atoms with Crippen LogP contribution in [0.25, 0.3) is 5.69 Å². The quantitative estimate of drug-likeness (QED) is 0.723. The number of nitrogens with zero attached hydrogens (tertiary/aromatic N) is 6. The lowest BCUT2D eigenvalue weighted by Crippen LogP contribution is -2.19. The molecule has 0 unspecified atom stereocenters. The number of rotatable bonds is 5. The highest BCUT2D eigenvalue weighted by atomic mass is 19.1. The predicted molar refractivity (Wildman–Crippen MR) is 84.4 cm³/mol. The highest BCUT2D eigenvalue weighted by Crippen LogP contribution is 2.11. The second-order valence-corrected chi connectivity index (χ2v) is 5.64. The lowest BCUT2D eigenvalue weighted by atomic mass is 10.3. The van der Waals surface area contributed by atoms with Crippen LogP contribution < -0.4 is 0 Å². The van der Waals surface area contributed by atoms with Crippen LogP contribution in [0.5, 0.6) is 0 Å². The second kappa shape index (κ2) is 6.29. The molecule has 0 spiro atoms. The van der Waals surface area contributed by atoms with E-state index in [2.05, 4.69) is 20.1 Å². The molecule has 0 radical (unpaired) electrons. The van der Waals surface area contributed by atoms with Gasteiger partial charge in [0.1, 0.15) is 17.5 Å². The minimum absolute atomic E-state index is 0.250. The summed E-state index contributed by atoms with van der Waals surface area (Å²) in [7, 11) is 3.93. The van der Waals surface area contributed by atoms with Crippen molar-refractivity contribution < 1.29 is 4.39 Å². The molecule has 0 bridgehead atoms. The molecule has 0 aliphatic heterocycles. The maximum atomic E-state index is 13.0. The molecule has 3 aromatic rings. The zero-order chi connectivity index (χ0) is 16.4. The Morgan fingerprint density at radius 1 is 1.17 bits per heavy atom. The minimum Gasteiger partial charge on any atom is -0.295 e. The fourth-order valence-electron chi connectivity index (χ4n) is 2.48. The van der Waals surface area contributed by atoms with Crippen molar-refractivity contribution in [3.05, 3.63) is 59.7 Å². The van der Waals surface area contributed by atoms with Gasteiger partial charge in [0.05, 0.1) is 18.4 Å². The van der Waals surface area contributed by atoms with Crippen molar-refractivity contribution in [3.63, 3.8) is 0 Å². The van der Waals surface area contributed by atoms with E-state index in [1.165, 1.54) is 12.1 Å². The Kier molecular flexibility index (Phi) is 4.20. The Labute approximate surface area is 134 Å². The van der Waals surface area contributed by atoms with Crippen molar-refractivity contribution >= 4 is 0 Å². The van der Waals surface area contributed by atoms with Gasteiger partial charge in [-0.2, -0.15) is 10.2 Å². The minimum atomic E-state index is -0.250. The van der Waals surface area contributed by atoms with E-state index in [-0.39, 0.29) is 5.82 Å². The number of halogens is 1. The molecule has 2 aromatic heterocycles. The smallest absolute Gasteiger partial charge is 0.147 e. The Hall–Kier alpha value is -2.54. The number of aryl methyl sites for hydroxylation is 2. The van der Waals surface area contributed by atoms with E-state index in [0.29, 0.717) is 6.54 Å². The molecule has 7 heteroatoms. The highest BCUT2D eigenvalue weighted by Gasteiger charge is 2.09. The molecule has 0 amide bonds. The molecular formula is C16H19FN6. The summed E-state index contributed by atoms with van der Waals surface area (Å²) in [6, 6.07) is 6.27. The van der Waals surface area contributed by atoms with Crippen LogP contribution in [0, 0.1) is 12.7 Å². The maximum absolute atomic E-state index is 13.0. The Bertz CT molecular complexity index is 789. The molecule has 23 heavy (non-hydrogen) atoms. The average Bonchev–Trinajstić information content (AvgIpc) is 3.07. The lowest BCUT2D eigenvalue weighted by Gasteiger charge is -2.14. The van der Waals surface area contributed by atoms with Gasteiger partial charge in [-0.05, 0) is 38.2 Å². The topological polar surface area (TPSA) is 51.8 Å². The Morgan fingerprint density at radius 2 is 1.91 bits per heavy atom. The van der Waals surface area contributed by atoms with Gasteiger partial charge in [0.2, 0.25) is 0 Å². The first kappa shape index (κ1) is 15.4. The number of hydrogen-bond donors (Lipinski definition) is 0. The molecule has 0 fully saturated rings. The van der Waals surface area contributed by atoms with E-state index in [1.54, 1.807) is 21.5 Å². The van der Waals surface area contributed by atoms with E-state index in [9.17, 15) is 4.39 Å². The third kappa shape index (κ3) is 3.62. The normalized spacial score (nSPS) is 11.3. The summed E-state index contributed by atoms with van der Waals surface area (Å²) < 4.78 is 16.5. The average molecular weight is 314 g/mol. The van der Waals surface area contributed by atoms with Crippen molar-refractivity contribution in [2.45, 2.75) is 20.0 Å². The summed E-state index contributed by atoms with van der Waals surface area (Å²) in [4.78, 5) is 6.55. The van der Waals surface area contributed by atoms with Crippen molar-refractivity contribution in [3.8, 4) is 5.69 Å². The van der Waals surface area contributed by atoms with Gasteiger partial charge in [0, 0.05) is 25.4 Å². The van der Waals surface area contributed by atoms with E-state index in [0.717, 1.165) is 29.4 Å². The molecular weight excluding hydrogens is 295 g/mol. The number of hydrogen-bond acceptors (Lipinski definition) is 4. The van der Waals surface area contributed by atoms with Crippen LogP contribution >= 0.6 is 0 Å². The van der Waals surface area contributed by atoms with Gasteiger partial charge in [0.25, 0.3) is 0 Å². The van der Waals surface area contributed by atoms with Crippen molar-refractivity contribution in [1.82, 2.24) is 29.4 Å². The summed E-state index contributed by atoms with van der Waals surface area (Å²) in [6.45, 7) is 3.34. The third-order valence-electron chi connectivity index (χ3n) is 3.55. The first-order chi connectivity index (χ1) is 11.0. The van der Waals surface area contributed by atoms with Gasteiger partial charge in [-0.25, -0.2) is 14.1 Å². The van der Waals surface area contributed by atoms with Crippen LogP contribution in [0.3, 0.4) is 0 Å². The Balaban J connectivity index is 1.66. The first-order valence-electron chi connectivity index (χ1n) is 7.36. The second-order valence-electron chi connectivity index (χ2n) is 5.64. The van der Waals surface area contributed by atoms with E-state index >= 15 is 0 Å². The van der Waals surface area contributed by atoms with Gasteiger partial charge < -0.3 is 0 Å². The van der Waals surface area contributed by atoms with E-state index in [1.807, 2.05) is 33.4 Å². The highest BCUT2D eigenvalue weighted by molar-refractivity contribution is 5.31. The van der Waals surface area contributed by atoms with Gasteiger partial charge in [-0.3, -0.25) is 9.58 Å². The molecule has 0 saturated carbocycles. The first-order valence-corrected chi connectivity index (χ1v) is 7.36. The lowest BCUT2D eigenvalue weighted by molar-refractivity contribution is 0.305. The molecule has 0 saturated heterocycles. The predicted octanol–water partition coefficient (Wildman–Crippen LogP) is 2.08. The van der Waals surface area contributed by atoms with Crippen LogP contribution in [-0.4, -0.2) is 36.5 Å². The zero-order valence-electron chi connectivity index (χ0n) is 13.4. The molecule has 6 nitrogen and oxygen atoms in total. The van der Waals surface area contributed by atoms with Gasteiger partial charge in [-0.15, -0.1) is 0 Å². The molecule has 1 aromatic carbocycles. The van der Waals surface area contributed by atoms with E-state index in [4.69, 9.17) is 0 Å². The van der Waals surface area contributed by atoms with Crippen LogP contribution in [0.1, 0.15) is 17.2 Å². The number of benzene rings is 1. The van der Waals surface area contributed by atoms with Crippen molar-refractivity contribution in [2.24, 2.45) is 7.05 Å². The summed E-state index contributed by atoms with van der Waals surface area (Å²) in [5, 5.41) is 8.59. The summed E-state index contributed by atoms with van der Waals surface area (Å²) in [6.07, 6.45) is 3.77. The number of aromatic nitrogens is 5. The summed E-state index contributed by atoms with van der Waals surface area (Å²) in [5.41, 5.74) is 1.92. The molecule has 120 valence electrons. The summed E-state index contributed by atoms with van der Waals surface area (Å²) >= 11 is 0. The van der Waals surface area contributed by atoms with Crippen molar-refractivity contribution in [1.29, 1.82) is 0 Å². The SMILES string of the molecule is Cc1nc(CN(C)Cc2cnn(-c3ccc(F)cc3)c2)n(C)n1. The van der Waals surface area contributed by atoms with Gasteiger partial charge >= 0.3 is 0 Å². The third-order valence-corrected chi connectivity index (χ3v) is 3.55. The molecule has 0 atom stereocenters. The largest absolute Gasteiger partial charge is 0.295 e. The molecule has 0 N–H and O–H groups in total. The van der Waals surface area contributed by atoms with Gasteiger partial charge in [0.15, 0.2) is 0 Å². The fourth-order valence-corrected chi connectivity index (χ4v) is 2.48. The van der Waals surface area contributed by atoms with Crippen LogP contribution in [-0.2, 0) is 20.1 Å². The van der Waals surface area contributed by atoms with Crippen LogP contribution in [0.4, 0.5) is 4.39 Å². The monoisotopic (exact) mass is 314 g/mol. The van der Waals surface area contributed by atoms with Gasteiger partial charge in [-0.1, -0.05) is 0 Å². The maximum Gasteiger partial charge on any atom is 0.147 e. The molecule has 3 rings (SSSR count). The molecule has 2 heterocycles. The van der Waals surface area contributed by atoms with Crippen molar-refractivity contribution in [2.75, 3.05) is 7.05 Å². The van der Waals surface area contributed by atoms with Crippen LogP contribution in [0.15, 0.2) is 36.7 Å². The fraction of sp³-hybridized carbons (Fsp3) is 0.312.